The zero-order valence-electron chi connectivity index (χ0n) is 19.2. The summed E-state index contributed by atoms with van der Waals surface area (Å²) in [7, 11) is 0. The molecule has 4 aromatic rings. The number of nitrogens with zero attached hydrogens (tertiary/aromatic N) is 6. The second-order valence-corrected chi connectivity index (χ2v) is 9.18. The van der Waals surface area contributed by atoms with Gasteiger partial charge in [0.2, 0.25) is 5.88 Å². The number of aliphatic hydroxyl groups is 1. The molecule has 182 valence electrons. The van der Waals surface area contributed by atoms with Gasteiger partial charge < -0.3 is 20.9 Å². The Morgan fingerprint density at radius 1 is 1.03 bits per heavy atom. The first-order valence-electron chi connectivity index (χ1n) is 10.7. The van der Waals surface area contributed by atoms with Crippen LogP contribution in [0.25, 0.3) is 11.1 Å². The molecule has 0 bridgehead atoms. The molecule has 0 aliphatic carbocycles. The lowest BCUT2D eigenvalue weighted by atomic mass is 9.98. The highest BCUT2D eigenvalue weighted by atomic mass is 32.2. The number of benzene rings is 1. The number of nitrogens with two attached hydrogens (primary N) is 1. The number of aliphatic hydroxyl groups excluding tert-OH is 1. The van der Waals surface area contributed by atoms with Crippen molar-refractivity contribution in [2.75, 3.05) is 24.3 Å². The molecular formula is C25H18N8O2S2. The monoisotopic (exact) mass is 526 g/mol. The molecule has 0 aliphatic rings. The van der Waals surface area contributed by atoms with Crippen LogP contribution in [0.2, 0.25) is 0 Å². The Morgan fingerprint density at radius 2 is 1.81 bits per heavy atom. The Morgan fingerprint density at radius 3 is 2.46 bits per heavy atom. The van der Waals surface area contributed by atoms with Gasteiger partial charge in [-0.25, -0.2) is 15.0 Å². The number of rotatable bonds is 9. The molecule has 37 heavy (non-hydrogen) atoms. The van der Waals surface area contributed by atoms with Gasteiger partial charge in [0.1, 0.15) is 35.2 Å². The fourth-order valence-corrected chi connectivity index (χ4v) is 5.00. The van der Waals surface area contributed by atoms with Gasteiger partial charge in [0.05, 0.1) is 29.5 Å². The summed E-state index contributed by atoms with van der Waals surface area (Å²) in [6, 6.07) is 16.6. The second kappa shape index (κ2) is 11.8. The smallest absolute Gasteiger partial charge is 0.213 e. The van der Waals surface area contributed by atoms with Crippen LogP contribution in [0, 0.1) is 34.0 Å². The molecule has 3 heterocycles. The quantitative estimate of drug-likeness (QED) is 0.266. The minimum absolute atomic E-state index is 0.0149. The molecule has 10 nitrogen and oxygen atoms in total. The summed E-state index contributed by atoms with van der Waals surface area (Å²) < 4.78 is 5.29. The number of thioether (sulfide) groups is 1. The average molecular weight is 527 g/mol. The fourth-order valence-electron chi connectivity index (χ4n) is 3.28. The van der Waals surface area contributed by atoms with Gasteiger partial charge in [-0.05, 0) is 30.3 Å². The summed E-state index contributed by atoms with van der Waals surface area (Å²) in [6.45, 7) is -0.0440. The number of nitriles is 3. The summed E-state index contributed by atoms with van der Waals surface area (Å²) in [4.78, 5) is 13.1. The molecule has 0 unspecified atom stereocenters. The number of ether oxygens (including phenoxy) is 1. The Hall–Kier alpha value is -4.67. The predicted molar refractivity (Wildman–Crippen MR) is 140 cm³/mol. The number of aromatic nitrogens is 3. The van der Waals surface area contributed by atoms with Gasteiger partial charge in [0.25, 0.3) is 0 Å². The highest BCUT2D eigenvalue weighted by molar-refractivity contribution is 7.98. The molecule has 0 aliphatic heterocycles. The molecule has 12 heteroatoms. The molecule has 3 aromatic heterocycles. The second-order valence-electron chi connectivity index (χ2n) is 7.35. The summed E-state index contributed by atoms with van der Waals surface area (Å²) in [5, 5.41) is 43.7. The van der Waals surface area contributed by atoms with Crippen molar-refractivity contribution in [3.63, 3.8) is 0 Å². The Balaban J connectivity index is 1.56. The summed E-state index contributed by atoms with van der Waals surface area (Å²) >= 11 is 2.72. The highest BCUT2D eigenvalue weighted by Gasteiger charge is 2.21. The van der Waals surface area contributed by atoms with Gasteiger partial charge in [0.15, 0.2) is 5.13 Å². The van der Waals surface area contributed by atoms with Crippen LogP contribution in [0.1, 0.15) is 22.4 Å². The molecule has 0 radical (unpaired) electrons. The number of thiazole rings is 1. The number of pyridine rings is 2. The van der Waals surface area contributed by atoms with E-state index in [-0.39, 0.29) is 30.2 Å². The van der Waals surface area contributed by atoms with Crippen molar-refractivity contribution < 1.29 is 9.84 Å². The van der Waals surface area contributed by atoms with Gasteiger partial charge in [-0.1, -0.05) is 11.8 Å². The third kappa shape index (κ3) is 5.95. The summed E-state index contributed by atoms with van der Waals surface area (Å²) in [5.74, 6) is 0.742. The number of hydrogen-bond acceptors (Lipinski definition) is 12. The molecule has 0 saturated heterocycles. The van der Waals surface area contributed by atoms with Crippen molar-refractivity contribution in [1.82, 2.24) is 15.0 Å². The van der Waals surface area contributed by atoms with Crippen LogP contribution in [0.3, 0.4) is 0 Å². The molecule has 0 spiro atoms. The van der Waals surface area contributed by atoms with Crippen LogP contribution < -0.4 is 15.8 Å². The van der Waals surface area contributed by atoms with Crippen molar-refractivity contribution in [3.05, 3.63) is 70.4 Å². The van der Waals surface area contributed by atoms with Crippen LogP contribution in [0.4, 0.5) is 16.6 Å². The number of nitrogen functional groups attached to an aromatic ring is 1. The van der Waals surface area contributed by atoms with E-state index in [1.807, 2.05) is 11.4 Å². The normalized spacial score (nSPS) is 10.2. The zero-order valence-corrected chi connectivity index (χ0v) is 20.8. The Labute approximate surface area is 220 Å². The van der Waals surface area contributed by atoms with Crippen LogP contribution in [-0.4, -0.2) is 33.3 Å². The molecule has 0 saturated carbocycles. The van der Waals surface area contributed by atoms with E-state index in [9.17, 15) is 10.5 Å². The van der Waals surface area contributed by atoms with E-state index in [1.165, 1.54) is 29.3 Å². The van der Waals surface area contributed by atoms with E-state index in [2.05, 4.69) is 32.4 Å². The van der Waals surface area contributed by atoms with Gasteiger partial charge in [0, 0.05) is 40.2 Å². The molecule has 1 aromatic carbocycles. The van der Waals surface area contributed by atoms with Crippen LogP contribution in [0.15, 0.2) is 53.0 Å². The molecule has 0 amide bonds. The summed E-state index contributed by atoms with van der Waals surface area (Å²) in [6.07, 6.45) is 1.49. The third-order valence-corrected chi connectivity index (χ3v) is 6.77. The van der Waals surface area contributed by atoms with Crippen molar-refractivity contribution in [3.8, 4) is 35.2 Å². The first-order valence-corrected chi connectivity index (χ1v) is 12.6. The fraction of sp³-hybridized carbons (Fsp3) is 0.120. The summed E-state index contributed by atoms with van der Waals surface area (Å²) in [5.41, 5.74) is 9.43. The first kappa shape index (κ1) is 25.4. The maximum absolute atomic E-state index is 9.97. The van der Waals surface area contributed by atoms with E-state index >= 15 is 0 Å². The van der Waals surface area contributed by atoms with Crippen molar-refractivity contribution in [2.45, 2.75) is 10.8 Å². The first-order chi connectivity index (χ1) is 18.1. The maximum Gasteiger partial charge on any atom is 0.213 e. The Bertz CT molecular complexity index is 1530. The molecule has 0 atom stereocenters. The highest BCUT2D eigenvalue weighted by Crippen LogP contribution is 2.37. The van der Waals surface area contributed by atoms with Crippen LogP contribution in [0.5, 0.6) is 5.88 Å². The third-order valence-electron chi connectivity index (χ3n) is 4.96. The van der Waals surface area contributed by atoms with Crippen LogP contribution >= 0.6 is 23.1 Å². The van der Waals surface area contributed by atoms with Crippen LogP contribution in [-0.2, 0) is 5.75 Å². The Kier molecular flexibility index (Phi) is 8.14. The van der Waals surface area contributed by atoms with E-state index < -0.39 is 0 Å². The van der Waals surface area contributed by atoms with Crippen molar-refractivity contribution in [2.24, 2.45) is 0 Å². The topological polar surface area (TPSA) is 178 Å². The molecular weight excluding hydrogens is 508 g/mol. The van der Waals surface area contributed by atoms with Crippen molar-refractivity contribution in [1.29, 1.82) is 15.8 Å². The van der Waals surface area contributed by atoms with Gasteiger partial charge in [-0.2, -0.15) is 15.8 Å². The number of nitrogens with one attached hydrogen (secondary N) is 1. The van der Waals surface area contributed by atoms with Gasteiger partial charge in [-0.3, -0.25) is 0 Å². The van der Waals surface area contributed by atoms with Crippen molar-refractivity contribution >= 4 is 39.7 Å². The van der Waals surface area contributed by atoms with Gasteiger partial charge >= 0.3 is 0 Å². The lowest BCUT2D eigenvalue weighted by Crippen LogP contribution is -2.05. The van der Waals surface area contributed by atoms with E-state index in [4.69, 9.17) is 20.8 Å². The molecule has 0 fully saturated rings. The lowest BCUT2D eigenvalue weighted by Gasteiger charge is -2.13. The largest absolute Gasteiger partial charge is 0.475 e. The standard InChI is InChI=1S/C25H18N8O2S2/c26-9-15-1-4-17(5-2-15)31-25-32-18(14-37-25)13-36-24-20(11-28)22(19(10-27)23(29)33-24)16-3-6-21(30-12-16)35-8-7-34/h1-6,12,14,34H,7-8,13H2,(H2,29,33)(H,31,32). The SMILES string of the molecule is N#Cc1ccc(Nc2nc(CSc3nc(N)c(C#N)c(-c4ccc(OCCO)nc4)c3C#N)cs2)cc1. The van der Waals surface area contributed by atoms with Gasteiger partial charge in [-0.15, -0.1) is 11.3 Å². The lowest BCUT2D eigenvalue weighted by molar-refractivity contribution is 0.196. The van der Waals surface area contributed by atoms with E-state index in [0.29, 0.717) is 38.5 Å². The molecule has 4 N–H and O–H groups in total. The molecule has 4 rings (SSSR count). The minimum Gasteiger partial charge on any atom is -0.475 e. The number of hydrogen-bond donors (Lipinski definition) is 3. The van der Waals surface area contributed by atoms with E-state index in [0.717, 1.165) is 11.4 Å². The average Bonchev–Trinajstić information content (AvgIpc) is 3.38. The maximum atomic E-state index is 9.97. The minimum atomic E-state index is -0.145. The number of anilines is 3. The van der Waals surface area contributed by atoms with E-state index in [1.54, 1.807) is 36.4 Å². The zero-order chi connectivity index (χ0) is 26.2. The predicted octanol–water partition coefficient (Wildman–Crippen LogP) is 4.20.